The molecule has 1 fully saturated rings. The van der Waals surface area contributed by atoms with Crippen molar-refractivity contribution in [2.45, 2.75) is 18.3 Å². The zero-order valence-corrected chi connectivity index (χ0v) is 11.3. The van der Waals surface area contributed by atoms with E-state index in [9.17, 15) is 4.79 Å². The van der Waals surface area contributed by atoms with E-state index in [0.717, 1.165) is 12.8 Å². The van der Waals surface area contributed by atoms with Crippen LogP contribution < -0.4 is 0 Å². The van der Waals surface area contributed by atoms with E-state index in [1.165, 1.54) is 9.13 Å². The first kappa shape index (κ1) is 10.6. The Kier molecular flexibility index (Phi) is 2.98. The summed E-state index contributed by atoms with van der Waals surface area (Å²) in [4.78, 5) is 11.7. The van der Waals surface area contributed by atoms with Gasteiger partial charge in [0.05, 0.1) is 10.7 Å². The second-order valence-electron chi connectivity index (χ2n) is 3.65. The van der Waals surface area contributed by atoms with E-state index in [4.69, 9.17) is 0 Å². The molecular formula is C11H10BrIO. The molecule has 0 unspecified atom stereocenters. The molecule has 0 amide bonds. The van der Waals surface area contributed by atoms with Gasteiger partial charge in [0.25, 0.3) is 0 Å². The Balaban J connectivity index is 2.31. The van der Waals surface area contributed by atoms with Crippen LogP contribution in [0.2, 0.25) is 0 Å². The van der Waals surface area contributed by atoms with Gasteiger partial charge >= 0.3 is 0 Å². The Hall–Kier alpha value is 0.1000. The van der Waals surface area contributed by atoms with Crippen molar-refractivity contribution in [1.82, 2.24) is 0 Å². The lowest BCUT2D eigenvalue weighted by Crippen LogP contribution is -2.21. The van der Waals surface area contributed by atoms with E-state index in [0.29, 0.717) is 11.1 Å². The summed E-state index contributed by atoms with van der Waals surface area (Å²) in [6.07, 6.45) is 2.02. The third-order valence-corrected chi connectivity index (χ3v) is 4.03. The Morgan fingerprint density at radius 1 is 1.36 bits per heavy atom. The van der Waals surface area contributed by atoms with Crippen LogP contribution in [0.3, 0.4) is 0 Å². The van der Waals surface area contributed by atoms with E-state index < -0.39 is 0 Å². The minimum absolute atomic E-state index is 0.145. The van der Waals surface area contributed by atoms with Crippen molar-refractivity contribution in [3.63, 3.8) is 0 Å². The first-order valence-corrected chi connectivity index (χ1v) is 6.74. The van der Waals surface area contributed by atoms with Gasteiger partial charge in [-0.15, -0.1) is 0 Å². The van der Waals surface area contributed by atoms with Gasteiger partial charge in [0.2, 0.25) is 0 Å². The van der Waals surface area contributed by atoms with Crippen molar-refractivity contribution >= 4 is 44.3 Å². The summed E-state index contributed by atoms with van der Waals surface area (Å²) in [6, 6.07) is 8.29. The Bertz CT molecular complexity index is 354. The minimum atomic E-state index is -0.145. The summed E-state index contributed by atoms with van der Waals surface area (Å²) in [5, 5.41) is 0.471. The summed E-state index contributed by atoms with van der Waals surface area (Å²) in [5.74, 6) is 0.318. The highest BCUT2D eigenvalue weighted by Crippen LogP contribution is 2.49. The molecule has 0 spiro atoms. The fraction of sp³-hybridized carbons (Fsp3) is 0.364. The van der Waals surface area contributed by atoms with Crippen LogP contribution in [0.1, 0.15) is 18.4 Å². The molecule has 0 saturated heterocycles. The van der Waals surface area contributed by atoms with Crippen molar-refractivity contribution in [3.05, 3.63) is 33.4 Å². The molecule has 1 aromatic rings. The molecule has 1 aliphatic carbocycles. The number of rotatable bonds is 3. The van der Waals surface area contributed by atoms with Crippen LogP contribution in [0, 0.1) is 3.57 Å². The quantitative estimate of drug-likeness (QED) is 0.594. The zero-order valence-electron chi connectivity index (χ0n) is 7.59. The minimum Gasteiger partial charge on any atom is -0.298 e. The molecule has 0 N–H and O–H groups in total. The summed E-state index contributed by atoms with van der Waals surface area (Å²) >= 11 is 5.53. The van der Waals surface area contributed by atoms with Crippen LogP contribution in [0.25, 0.3) is 0 Å². The molecule has 0 aliphatic heterocycles. The molecule has 14 heavy (non-hydrogen) atoms. The Morgan fingerprint density at radius 3 is 2.36 bits per heavy atom. The Labute approximate surface area is 106 Å². The standard InChI is InChI=1S/C11H10BrIO/c12-7-10(14)11(5-6-11)8-1-3-9(13)4-2-8/h1-4H,5-7H2. The average Bonchev–Trinajstić information content (AvgIpc) is 2.99. The number of alkyl halides is 1. The van der Waals surface area contributed by atoms with Crippen molar-refractivity contribution in [2.24, 2.45) is 0 Å². The van der Waals surface area contributed by atoms with Crippen LogP contribution in [0.15, 0.2) is 24.3 Å². The molecule has 1 nitrogen and oxygen atoms in total. The molecule has 0 atom stereocenters. The lowest BCUT2D eigenvalue weighted by Gasteiger charge is -2.12. The second kappa shape index (κ2) is 3.93. The van der Waals surface area contributed by atoms with Gasteiger partial charge in [-0.05, 0) is 53.1 Å². The van der Waals surface area contributed by atoms with Crippen LogP contribution >= 0.6 is 38.5 Å². The van der Waals surface area contributed by atoms with E-state index in [1.54, 1.807) is 0 Å². The number of carbonyl (C=O) groups is 1. The lowest BCUT2D eigenvalue weighted by atomic mass is 9.92. The molecule has 1 aromatic carbocycles. The van der Waals surface area contributed by atoms with E-state index in [1.807, 2.05) is 0 Å². The normalized spacial score (nSPS) is 17.9. The summed E-state index contributed by atoms with van der Waals surface area (Å²) in [6.45, 7) is 0. The third kappa shape index (κ3) is 1.76. The maximum atomic E-state index is 11.7. The first-order chi connectivity index (χ1) is 6.69. The van der Waals surface area contributed by atoms with E-state index in [2.05, 4.69) is 62.8 Å². The van der Waals surface area contributed by atoms with Gasteiger partial charge in [0, 0.05) is 3.57 Å². The van der Waals surface area contributed by atoms with Gasteiger partial charge in [0.1, 0.15) is 0 Å². The molecule has 0 heterocycles. The monoisotopic (exact) mass is 364 g/mol. The Morgan fingerprint density at radius 2 is 1.93 bits per heavy atom. The van der Waals surface area contributed by atoms with Gasteiger partial charge < -0.3 is 0 Å². The van der Waals surface area contributed by atoms with Gasteiger partial charge in [-0.25, -0.2) is 0 Å². The fourth-order valence-electron chi connectivity index (χ4n) is 1.75. The number of hydrogen-bond acceptors (Lipinski definition) is 1. The predicted molar refractivity (Wildman–Crippen MR) is 68.9 cm³/mol. The van der Waals surface area contributed by atoms with E-state index >= 15 is 0 Å². The fourth-order valence-corrected chi connectivity index (χ4v) is 2.65. The molecule has 74 valence electrons. The molecule has 1 saturated carbocycles. The number of Topliss-reactive ketones (excluding diaryl/α,β-unsaturated/α-hetero) is 1. The molecule has 0 aromatic heterocycles. The van der Waals surface area contributed by atoms with Crippen LogP contribution in [0.5, 0.6) is 0 Å². The highest BCUT2D eigenvalue weighted by atomic mass is 127. The van der Waals surface area contributed by atoms with Crippen LogP contribution in [0.4, 0.5) is 0 Å². The van der Waals surface area contributed by atoms with Crippen LogP contribution in [-0.4, -0.2) is 11.1 Å². The summed E-state index contributed by atoms with van der Waals surface area (Å²) in [5.41, 5.74) is 1.04. The topological polar surface area (TPSA) is 17.1 Å². The smallest absolute Gasteiger partial charge is 0.153 e. The number of halogens is 2. The van der Waals surface area contributed by atoms with Crippen molar-refractivity contribution in [2.75, 3.05) is 5.33 Å². The largest absolute Gasteiger partial charge is 0.298 e. The second-order valence-corrected chi connectivity index (χ2v) is 5.45. The summed E-state index contributed by atoms with van der Waals surface area (Å²) < 4.78 is 1.22. The highest BCUT2D eigenvalue weighted by Gasteiger charge is 2.49. The number of hydrogen-bond donors (Lipinski definition) is 0. The van der Waals surface area contributed by atoms with Crippen molar-refractivity contribution in [3.8, 4) is 0 Å². The zero-order chi connectivity index (χ0) is 10.2. The molecule has 0 radical (unpaired) electrons. The molecule has 0 bridgehead atoms. The maximum absolute atomic E-state index is 11.7. The van der Waals surface area contributed by atoms with Gasteiger partial charge in [0.15, 0.2) is 5.78 Å². The first-order valence-electron chi connectivity index (χ1n) is 4.54. The third-order valence-electron chi connectivity index (χ3n) is 2.80. The predicted octanol–water partition coefficient (Wildman–Crippen LogP) is 3.29. The average molecular weight is 365 g/mol. The van der Waals surface area contributed by atoms with Crippen molar-refractivity contribution < 1.29 is 4.79 Å². The lowest BCUT2D eigenvalue weighted by molar-refractivity contribution is -0.118. The molecular weight excluding hydrogens is 355 g/mol. The highest BCUT2D eigenvalue weighted by molar-refractivity contribution is 14.1. The van der Waals surface area contributed by atoms with Crippen LogP contribution in [-0.2, 0) is 10.2 Å². The number of benzene rings is 1. The number of carbonyl (C=O) groups excluding carboxylic acids is 1. The molecule has 1 aliphatic rings. The molecule has 2 rings (SSSR count). The SMILES string of the molecule is O=C(CBr)C1(c2ccc(I)cc2)CC1. The molecule has 3 heteroatoms. The maximum Gasteiger partial charge on any atom is 0.153 e. The van der Waals surface area contributed by atoms with E-state index in [-0.39, 0.29) is 5.41 Å². The summed E-state index contributed by atoms with van der Waals surface area (Å²) in [7, 11) is 0. The van der Waals surface area contributed by atoms with Gasteiger partial charge in [-0.1, -0.05) is 28.1 Å². The van der Waals surface area contributed by atoms with Gasteiger partial charge in [-0.2, -0.15) is 0 Å². The number of ketones is 1. The van der Waals surface area contributed by atoms with Crippen molar-refractivity contribution in [1.29, 1.82) is 0 Å². The van der Waals surface area contributed by atoms with Gasteiger partial charge in [-0.3, -0.25) is 4.79 Å².